The second-order valence-corrected chi connectivity index (χ2v) is 5.97. The fraction of sp³-hybridized carbons (Fsp3) is 0. The fourth-order valence-electron chi connectivity index (χ4n) is 2.74. The third-order valence-electron chi connectivity index (χ3n) is 3.90. The van der Waals surface area contributed by atoms with E-state index in [0.717, 1.165) is 5.56 Å². The number of benzene rings is 2. The van der Waals surface area contributed by atoms with E-state index in [0.29, 0.717) is 33.1 Å². The van der Waals surface area contributed by atoms with Crippen molar-refractivity contribution in [1.82, 2.24) is 4.98 Å². The third-order valence-corrected chi connectivity index (χ3v) is 4.14. The molecule has 0 amide bonds. The molecule has 2 aromatic heterocycles. The van der Waals surface area contributed by atoms with Crippen molar-refractivity contribution in [2.45, 2.75) is 0 Å². The van der Waals surface area contributed by atoms with Crippen molar-refractivity contribution in [1.29, 1.82) is 0 Å². The van der Waals surface area contributed by atoms with Crippen LogP contribution in [0.1, 0.15) is 10.4 Å². The van der Waals surface area contributed by atoms with Crippen LogP contribution in [0.5, 0.6) is 0 Å². The van der Waals surface area contributed by atoms with Crippen molar-refractivity contribution < 1.29 is 14.3 Å². The van der Waals surface area contributed by atoms with Gasteiger partial charge in [0.2, 0.25) is 0 Å². The highest BCUT2D eigenvalue weighted by atomic mass is 35.5. The summed E-state index contributed by atoms with van der Waals surface area (Å²) in [6.45, 7) is 0. The van der Waals surface area contributed by atoms with E-state index >= 15 is 0 Å². The summed E-state index contributed by atoms with van der Waals surface area (Å²) in [6.07, 6.45) is 0. The third kappa shape index (κ3) is 2.88. The highest BCUT2D eigenvalue weighted by Crippen LogP contribution is 2.30. The summed E-state index contributed by atoms with van der Waals surface area (Å²) >= 11 is 6.01. The topological polar surface area (TPSA) is 66.2 Å². The molecule has 0 radical (unpaired) electrons. The van der Waals surface area contributed by atoms with Crippen LogP contribution >= 0.6 is 11.6 Å². The highest BCUT2D eigenvalue weighted by Gasteiger charge is 2.12. The minimum Gasteiger partial charge on any atom is -0.545 e. The number of aromatic nitrogens is 1. The smallest absolute Gasteiger partial charge is 0.153 e. The standard InChI is InChI=1S/C20H12ClNO3/c21-13-5-3-4-12(10-13)18-8-9-19(25-18)17-11-15(20(23)24)14-6-1-2-7-16(14)22-17/h1-11H,(H,23,24)/p-1. The molecule has 0 bridgehead atoms. The first-order chi connectivity index (χ1) is 12.1. The Morgan fingerprint density at radius 3 is 2.56 bits per heavy atom. The lowest BCUT2D eigenvalue weighted by atomic mass is 10.1. The molecule has 0 unspecified atom stereocenters. The molecule has 0 saturated heterocycles. The molecule has 2 heterocycles. The van der Waals surface area contributed by atoms with Crippen LogP contribution in [0, 0.1) is 0 Å². The number of hydrogen-bond donors (Lipinski definition) is 0. The number of fused-ring (bicyclic) bond motifs is 1. The Bertz CT molecular complexity index is 1100. The van der Waals surface area contributed by atoms with E-state index in [1.165, 1.54) is 6.07 Å². The van der Waals surface area contributed by atoms with Gasteiger partial charge in [-0.2, -0.15) is 0 Å². The van der Waals surface area contributed by atoms with Crippen LogP contribution in [0.3, 0.4) is 0 Å². The predicted octanol–water partition coefficient (Wildman–Crippen LogP) is 4.18. The van der Waals surface area contributed by atoms with E-state index < -0.39 is 5.97 Å². The highest BCUT2D eigenvalue weighted by molar-refractivity contribution is 6.30. The Kier molecular flexibility index (Phi) is 3.75. The van der Waals surface area contributed by atoms with E-state index in [9.17, 15) is 9.90 Å². The number of furan rings is 1. The Balaban J connectivity index is 1.84. The Morgan fingerprint density at radius 2 is 1.76 bits per heavy atom. The van der Waals surface area contributed by atoms with Gasteiger partial charge in [0, 0.05) is 21.5 Å². The normalized spacial score (nSPS) is 10.9. The zero-order chi connectivity index (χ0) is 17.4. The number of carbonyl (C=O) groups excluding carboxylic acids is 1. The van der Waals surface area contributed by atoms with Crippen LogP contribution < -0.4 is 5.11 Å². The maximum Gasteiger partial charge on any atom is 0.153 e. The maximum absolute atomic E-state index is 11.5. The Labute approximate surface area is 148 Å². The van der Waals surface area contributed by atoms with Gasteiger partial charge in [0.05, 0.1) is 11.5 Å². The second kappa shape index (κ2) is 6.07. The van der Waals surface area contributed by atoms with Gasteiger partial charge in [-0.05, 0) is 36.4 Å². The van der Waals surface area contributed by atoms with Crippen molar-refractivity contribution in [3.63, 3.8) is 0 Å². The Morgan fingerprint density at radius 1 is 0.960 bits per heavy atom. The van der Waals surface area contributed by atoms with Gasteiger partial charge in [-0.25, -0.2) is 4.98 Å². The molecule has 5 heteroatoms. The summed E-state index contributed by atoms with van der Waals surface area (Å²) in [4.78, 5) is 16.0. The first-order valence-electron chi connectivity index (χ1n) is 7.59. The van der Waals surface area contributed by atoms with E-state index in [1.54, 1.807) is 48.5 Å². The number of carboxylic acids is 1. The van der Waals surface area contributed by atoms with Crippen molar-refractivity contribution in [3.05, 3.63) is 77.3 Å². The summed E-state index contributed by atoms with van der Waals surface area (Å²) < 4.78 is 5.86. The summed E-state index contributed by atoms with van der Waals surface area (Å²) in [6, 6.07) is 19.4. The van der Waals surface area contributed by atoms with Crippen molar-refractivity contribution >= 4 is 28.5 Å². The van der Waals surface area contributed by atoms with E-state index in [-0.39, 0.29) is 5.56 Å². The summed E-state index contributed by atoms with van der Waals surface area (Å²) in [5.41, 5.74) is 1.92. The van der Waals surface area contributed by atoms with Crippen LogP contribution in [-0.4, -0.2) is 11.0 Å². The number of hydrogen-bond acceptors (Lipinski definition) is 4. The number of aromatic carboxylic acids is 1. The van der Waals surface area contributed by atoms with Gasteiger partial charge in [0.15, 0.2) is 5.76 Å². The molecule has 2 aromatic carbocycles. The van der Waals surface area contributed by atoms with Crippen LogP contribution in [0.25, 0.3) is 33.7 Å². The zero-order valence-electron chi connectivity index (χ0n) is 12.9. The first-order valence-corrected chi connectivity index (χ1v) is 7.97. The van der Waals surface area contributed by atoms with Crippen molar-refractivity contribution in [2.75, 3.05) is 0 Å². The molecule has 0 saturated carbocycles. The monoisotopic (exact) mass is 348 g/mol. The van der Waals surface area contributed by atoms with E-state index in [2.05, 4.69) is 4.98 Å². The van der Waals surface area contributed by atoms with Gasteiger partial charge in [0.1, 0.15) is 11.5 Å². The molecule has 25 heavy (non-hydrogen) atoms. The molecule has 0 aliphatic carbocycles. The molecule has 0 N–H and O–H groups in total. The quantitative estimate of drug-likeness (QED) is 0.557. The zero-order valence-corrected chi connectivity index (χ0v) is 13.7. The van der Waals surface area contributed by atoms with E-state index in [4.69, 9.17) is 16.0 Å². The lowest BCUT2D eigenvalue weighted by Crippen LogP contribution is -2.22. The van der Waals surface area contributed by atoms with Gasteiger partial charge in [-0.15, -0.1) is 0 Å². The molecule has 0 aliphatic heterocycles. The van der Waals surface area contributed by atoms with Crippen molar-refractivity contribution in [3.8, 4) is 22.8 Å². The molecule has 0 spiro atoms. The SMILES string of the molecule is O=C([O-])c1cc(-c2ccc(-c3cccc(Cl)c3)o2)nc2ccccc12. The van der Waals surface area contributed by atoms with Crippen LogP contribution in [0.15, 0.2) is 71.1 Å². The van der Waals surface area contributed by atoms with Gasteiger partial charge in [0.25, 0.3) is 0 Å². The van der Waals surface area contributed by atoms with Gasteiger partial charge < -0.3 is 14.3 Å². The summed E-state index contributed by atoms with van der Waals surface area (Å²) in [7, 11) is 0. The number of rotatable bonds is 3. The molecular formula is C20H11ClNO3-. The number of para-hydroxylation sites is 1. The molecule has 4 aromatic rings. The largest absolute Gasteiger partial charge is 0.545 e. The first kappa shape index (κ1) is 15.4. The second-order valence-electron chi connectivity index (χ2n) is 5.53. The fourth-order valence-corrected chi connectivity index (χ4v) is 2.93. The number of pyridine rings is 1. The van der Waals surface area contributed by atoms with Crippen LogP contribution in [0.4, 0.5) is 0 Å². The molecule has 4 nitrogen and oxygen atoms in total. The minimum absolute atomic E-state index is 0.0845. The molecule has 122 valence electrons. The lowest BCUT2D eigenvalue weighted by Gasteiger charge is -2.09. The van der Waals surface area contributed by atoms with Gasteiger partial charge in [-0.1, -0.05) is 41.9 Å². The molecule has 0 aliphatic rings. The van der Waals surface area contributed by atoms with Gasteiger partial charge >= 0.3 is 0 Å². The number of carboxylic acid groups (broad SMARTS) is 1. The minimum atomic E-state index is -1.25. The number of halogens is 1. The van der Waals surface area contributed by atoms with Crippen LogP contribution in [-0.2, 0) is 0 Å². The molecule has 0 fully saturated rings. The molecular weight excluding hydrogens is 338 g/mol. The maximum atomic E-state index is 11.5. The van der Waals surface area contributed by atoms with Gasteiger partial charge in [-0.3, -0.25) is 0 Å². The average molecular weight is 349 g/mol. The van der Waals surface area contributed by atoms with Crippen molar-refractivity contribution in [2.24, 2.45) is 0 Å². The summed E-state index contributed by atoms with van der Waals surface area (Å²) in [5, 5.41) is 12.6. The number of nitrogens with zero attached hydrogens (tertiary/aromatic N) is 1. The lowest BCUT2D eigenvalue weighted by molar-refractivity contribution is -0.254. The van der Waals surface area contributed by atoms with Crippen LogP contribution in [0.2, 0.25) is 5.02 Å². The summed E-state index contributed by atoms with van der Waals surface area (Å²) in [5.74, 6) is -0.146. The van der Waals surface area contributed by atoms with E-state index in [1.807, 2.05) is 12.1 Å². The Hall–Kier alpha value is -3.11. The number of carbonyl (C=O) groups is 1. The predicted molar refractivity (Wildman–Crippen MR) is 94.2 cm³/mol. The molecule has 4 rings (SSSR count). The average Bonchev–Trinajstić information content (AvgIpc) is 3.11. The molecule has 0 atom stereocenters.